The highest BCUT2D eigenvalue weighted by molar-refractivity contribution is 7.18. The Bertz CT molecular complexity index is 759. The number of nitrogens with zero attached hydrogens (tertiary/aromatic N) is 3. The third kappa shape index (κ3) is 7.12. The largest absolute Gasteiger partial charge is 0.497 e. The number of ether oxygens (including phenoxy) is 1. The van der Waals surface area contributed by atoms with Gasteiger partial charge >= 0.3 is 0 Å². The van der Waals surface area contributed by atoms with Crippen LogP contribution in [0.2, 0.25) is 0 Å². The van der Waals surface area contributed by atoms with E-state index in [9.17, 15) is 4.39 Å². The summed E-state index contributed by atoms with van der Waals surface area (Å²) in [6.45, 7) is 5.28. The number of nitrogens with two attached hydrogens (primary N) is 1. The topological polar surface area (TPSA) is 78.0 Å². The van der Waals surface area contributed by atoms with E-state index in [2.05, 4.69) is 15.4 Å². The number of alkyl halides is 1. The summed E-state index contributed by atoms with van der Waals surface area (Å²) >= 11 is 0. The van der Waals surface area contributed by atoms with E-state index in [4.69, 9.17) is 10.5 Å². The van der Waals surface area contributed by atoms with Crippen LogP contribution in [-0.4, -0.2) is 33.4 Å². The van der Waals surface area contributed by atoms with Gasteiger partial charge in [0, 0.05) is 12.5 Å². The molecule has 6 nitrogen and oxygen atoms in total. The fraction of sp³-hybridized carbons (Fsp3) is 0.368. The van der Waals surface area contributed by atoms with Gasteiger partial charge in [0.2, 0.25) is 5.95 Å². The molecule has 2 heterocycles. The summed E-state index contributed by atoms with van der Waals surface area (Å²) < 4.78 is 20.8. The molecule has 3 atom stereocenters. The summed E-state index contributed by atoms with van der Waals surface area (Å²) in [6.07, 6.45) is 16.7. The van der Waals surface area contributed by atoms with Crippen LogP contribution in [0.5, 0.6) is 0 Å². The van der Waals surface area contributed by atoms with Crippen LogP contribution in [-0.2, 0) is 11.3 Å². The Morgan fingerprint density at radius 2 is 2.22 bits per heavy atom. The van der Waals surface area contributed by atoms with E-state index >= 15 is 0 Å². The molecular weight excluding hydrogens is 364 g/mol. The number of anilines is 1. The molecule has 0 radical (unpaired) electrons. The average molecular weight is 391 g/mol. The molecule has 1 aromatic heterocycles. The van der Waals surface area contributed by atoms with Crippen molar-refractivity contribution in [3.8, 4) is 0 Å². The Kier molecular flexibility index (Phi) is 7.95. The van der Waals surface area contributed by atoms with E-state index in [1.807, 2.05) is 58.7 Å². The van der Waals surface area contributed by atoms with E-state index in [0.717, 1.165) is 11.5 Å². The highest BCUT2D eigenvalue weighted by Crippen LogP contribution is 2.24. The normalized spacial score (nSPS) is 18.5. The second-order valence-corrected chi connectivity index (χ2v) is 7.10. The molecule has 3 N–H and O–H groups in total. The van der Waals surface area contributed by atoms with Crippen LogP contribution in [0.25, 0.3) is 6.08 Å². The first-order valence-corrected chi connectivity index (χ1v) is 9.35. The first-order valence-electron chi connectivity index (χ1n) is 8.77. The molecule has 0 fully saturated rings. The molecule has 2 rings (SSSR count). The molecule has 27 heavy (non-hydrogen) atoms. The Hall–Kier alpha value is -2.24. The monoisotopic (exact) mass is 391 g/mol. The van der Waals surface area contributed by atoms with Crippen LogP contribution in [0.3, 0.4) is 0 Å². The number of fused-ring (bicyclic) bond motifs is 1. The van der Waals surface area contributed by atoms with E-state index in [-0.39, 0.29) is 0 Å². The molecular formula is C19H27FN5OP. The maximum atomic E-state index is 13.5. The first kappa shape index (κ1) is 21.1. The van der Waals surface area contributed by atoms with Crippen molar-refractivity contribution >= 4 is 21.3 Å². The second kappa shape index (κ2) is 10.2. The van der Waals surface area contributed by atoms with Gasteiger partial charge in [-0.05, 0) is 24.6 Å². The minimum atomic E-state index is -1.83. The van der Waals surface area contributed by atoms with Crippen LogP contribution in [0.1, 0.15) is 19.7 Å². The Morgan fingerprint density at radius 1 is 1.44 bits per heavy atom. The van der Waals surface area contributed by atoms with E-state index in [0.29, 0.717) is 25.5 Å². The lowest BCUT2D eigenvalue weighted by Gasteiger charge is -2.19. The summed E-state index contributed by atoms with van der Waals surface area (Å²) in [7, 11) is 1.98. The zero-order chi connectivity index (χ0) is 19.7. The fourth-order valence-corrected chi connectivity index (χ4v) is 2.25. The number of hydrogen-bond acceptors (Lipinski definition) is 5. The third-order valence-electron chi connectivity index (χ3n) is 3.92. The first-order chi connectivity index (χ1) is 12.9. The second-order valence-electron chi connectivity index (χ2n) is 6.22. The predicted molar refractivity (Wildman–Crippen MR) is 112 cm³/mol. The van der Waals surface area contributed by atoms with Gasteiger partial charge in [-0.2, -0.15) is 4.98 Å². The highest BCUT2D eigenvalue weighted by atomic mass is 31.0. The van der Waals surface area contributed by atoms with Crippen LogP contribution in [0.15, 0.2) is 54.4 Å². The fourth-order valence-electron chi connectivity index (χ4n) is 2.14. The lowest BCUT2D eigenvalue weighted by molar-refractivity contribution is 0.229. The van der Waals surface area contributed by atoms with Gasteiger partial charge in [-0.15, -0.1) is 5.10 Å². The lowest BCUT2D eigenvalue weighted by Crippen LogP contribution is -2.33. The van der Waals surface area contributed by atoms with Gasteiger partial charge in [0.1, 0.15) is 6.61 Å². The number of rotatable bonds is 8. The number of aromatic nitrogens is 3. The maximum absolute atomic E-state index is 13.5. The standard InChI is InChI=1S/C19H27FN5OP/c1-3-4-5-6-7-8-17-23-18-22-13-16(9-11-25(18)24-17)14-26-12-10-15(2)19(20,21)27/h3-10,12,15H,11,13-14,21,27H2,1-2H3,(H,22,23,24)/b4-3-,6-5-,8-7+,12-10+. The van der Waals surface area contributed by atoms with Gasteiger partial charge in [0.15, 0.2) is 11.4 Å². The number of nitrogens with one attached hydrogen (secondary N) is 1. The van der Waals surface area contributed by atoms with Crippen LogP contribution >= 0.6 is 9.24 Å². The van der Waals surface area contributed by atoms with Gasteiger partial charge in [-0.1, -0.05) is 52.6 Å². The average Bonchev–Trinajstić information content (AvgIpc) is 2.91. The Labute approximate surface area is 162 Å². The molecule has 1 aliphatic heterocycles. The van der Waals surface area contributed by atoms with Crippen LogP contribution in [0.4, 0.5) is 10.3 Å². The van der Waals surface area contributed by atoms with Crippen molar-refractivity contribution in [1.29, 1.82) is 0 Å². The van der Waals surface area contributed by atoms with E-state index in [1.54, 1.807) is 17.7 Å². The smallest absolute Gasteiger partial charge is 0.222 e. The quantitative estimate of drug-likeness (QED) is 0.234. The van der Waals surface area contributed by atoms with Crippen molar-refractivity contribution in [3.05, 3.63) is 60.2 Å². The molecule has 1 aliphatic rings. The summed E-state index contributed by atoms with van der Waals surface area (Å²) in [5.74, 6) is 0.912. The van der Waals surface area contributed by atoms with Crippen LogP contribution < -0.4 is 11.1 Å². The number of allylic oxidation sites excluding steroid dienone is 6. The molecule has 146 valence electrons. The number of hydrogen-bond donors (Lipinski definition) is 2. The van der Waals surface area contributed by atoms with E-state index < -0.39 is 11.5 Å². The summed E-state index contributed by atoms with van der Waals surface area (Å²) in [5, 5.41) is 7.71. The summed E-state index contributed by atoms with van der Waals surface area (Å²) in [4.78, 5) is 4.47. The molecule has 0 aromatic carbocycles. The van der Waals surface area contributed by atoms with Crippen molar-refractivity contribution < 1.29 is 9.13 Å². The van der Waals surface area contributed by atoms with Gasteiger partial charge < -0.3 is 10.1 Å². The highest BCUT2D eigenvalue weighted by Gasteiger charge is 2.23. The van der Waals surface area contributed by atoms with Gasteiger partial charge in [0.05, 0.1) is 12.8 Å². The lowest BCUT2D eigenvalue weighted by atomic mass is 10.1. The molecule has 1 aromatic rings. The zero-order valence-electron chi connectivity index (χ0n) is 15.7. The third-order valence-corrected chi connectivity index (χ3v) is 4.44. The molecule has 3 unspecified atom stereocenters. The predicted octanol–water partition coefficient (Wildman–Crippen LogP) is 3.40. The minimum absolute atomic E-state index is 0.407. The van der Waals surface area contributed by atoms with Crippen molar-refractivity contribution in [2.45, 2.75) is 25.9 Å². The van der Waals surface area contributed by atoms with Crippen molar-refractivity contribution in [2.75, 3.05) is 18.5 Å². The van der Waals surface area contributed by atoms with E-state index in [1.165, 1.54) is 6.26 Å². The van der Waals surface area contributed by atoms with Gasteiger partial charge in [-0.25, -0.2) is 9.07 Å². The summed E-state index contributed by atoms with van der Waals surface area (Å²) in [5.41, 5.74) is 4.60. The van der Waals surface area contributed by atoms with Crippen molar-refractivity contribution in [2.24, 2.45) is 11.7 Å². The molecule has 0 amide bonds. The number of halogens is 1. The van der Waals surface area contributed by atoms with Crippen molar-refractivity contribution in [3.63, 3.8) is 0 Å². The Morgan fingerprint density at radius 3 is 2.96 bits per heavy atom. The molecule has 0 saturated carbocycles. The molecule has 8 heteroatoms. The summed E-state index contributed by atoms with van der Waals surface area (Å²) in [6, 6.07) is 0. The van der Waals surface area contributed by atoms with Gasteiger partial charge in [0.25, 0.3) is 0 Å². The Balaban J connectivity index is 1.86. The van der Waals surface area contributed by atoms with Crippen molar-refractivity contribution in [1.82, 2.24) is 14.8 Å². The maximum Gasteiger partial charge on any atom is 0.222 e. The zero-order valence-corrected chi connectivity index (χ0v) is 16.8. The molecule has 0 spiro atoms. The minimum Gasteiger partial charge on any atom is -0.497 e. The molecule has 0 aliphatic carbocycles. The van der Waals surface area contributed by atoms with Crippen LogP contribution in [0, 0.1) is 5.92 Å². The molecule has 0 bridgehead atoms. The van der Waals surface area contributed by atoms with Gasteiger partial charge in [-0.3, -0.25) is 5.73 Å². The SMILES string of the molecule is C\C=C/C=C\C=C\c1nc2n(n1)CC=C(CO/C=C/C(C)C(N)(F)P)CN2. The molecule has 0 saturated heterocycles.